The Kier molecular flexibility index (Phi) is 6.94. The second-order valence-electron chi connectivity index (χ2n) is 11.5. The summed E-state index contributed by atoms with van der Waals surface area (Å²) in [4.78, 5) is 46.0. The largest absolute Gasteiger partial charge is 0.340 e. The van der Waals surface area contributed by atoms with Crippen LogP contribution in [0, 0.1) is 11.8 Å². The minimum absolute atomic E-state index is 0.00652. The molecule has 3 aromatic carbocycles. The van der Waals surface area contributed by atoms with Crippen molar-refractivity contribution in [2.24, 2.45) is 0 Å². The van der Waals surface area contributed by atoms with E-state index in [1.165, 1.54) is 0 Å². The van der Waals surface area contributed by atoms with E-state index < -0.39 is 0 Å². The minimum atomic E-state index is -0.0721. The smallest absolute Gasteiger partial charge is 0.254 e. The van der Waals surface area contributed by atoms with E-state index in [2.05, 4.69) is 28.7 Å². The summed E-state index contributed by atoms with van der Waals surface area (Å²) in [5.41, 5.74) is 7.20. The van der Waals surface area contributed by atoms with Crippen LogP contribution in [0.5, 0.6) is 0 Å². The first-order valence-electron chi connectivity index (χ1n) is 15.2. The highest BCUT2D eigenvalue weighted by Gasteiger charge is 2.33. The van der Waals surface area contributed by atoms with Gasteiger partial charge >= 0.3 is 0 Å². The van der Waals surface area contributed by atoms with Crippen LogP contribution in [0.25, 0.3) is 22.1 Å². The van der Waals surface area contributed by atoms with E-state index in [9.17, 15) is 9.59 Å². The van der Waals surface area contributed by atoms with Crippen LogP contribution in [0.15, 0.2) is 60.7 Å². The van der Waals surface area contributed by atoms with Crippen molar-refractivity contribution in [3.63, 3.8) is 0 Å². The average molecular weight is 571 g/mol. The van der Waals surface area contributed by atoms with E-state index in [4.69, 9.17) is 9.97 Å². The maximum atomic E-state index is 13.5. The van der Waals surface area contributed by atoms with Gasteiger partial charge in [-0.05, 0) is 80.1 Å². The molecule has 8 nitrogen and oxygen atoms in total. The number of amides is 2. The lowest BCUT2D eigenvalue weighted by Crippen LogP contribution is -2.31. The molecule has 216 valence electrons. The van der Waals surface area contributed by atoms with Crippen LogP contribution in [0.1, 0.15) is 90.3 Å². The van der Waals surface area contributed by atoms with Gasteiger partial charge in [-0.1, -0.05) is 37.0 Å². The number of benzene rings is 3. The average Bonchev–Trinajstić information content (AvgIpc) is 3.83. The molecule has 8 heteroatoms. The molecule has 5 aromatic rings. The maximum absolute atomic E-state index is 13.5. The Morgan fingerprint density at radius 3 is 1.95 bits per heavy atom. The highest BCUT2D eigenvalue weighted by Crippen LogP contribution is 2.34. The van der Waals surface area contributed by atoms with Crippen LogP contribution in [0.3, 0.4) is 0 Å². The van der Waals surface area contributed by atoms with Crippen LogP contribution < -0.4 is 0 Å². The zero-order chi connectivity index (χ0) is 29.5. The van der Waals surface area contributed by atoms with Gasteiger partial charge in [0.05, 0.1) is 34.2 Å². The number of nitrogens with one attached hydrogen (secondary N) is 2. The first-order valence-corrected chi connectivity index (χ1v) is 15.2. The van der Waals surface area contributed by atoms with E-state index in [0.717, 1.165) is 101 Å². The number of rotatable bonds is 4. The van der Waals surface area contributed by atoms with Crippen LogP contribution in [-0.4, -0.2) is 54.6 Å². The molecule has 2 atom stereocenters. The number of H-pyrrole nitrogens is 2. The maximum Gasteiger partial charge on any atom is 0.254 e. The number of hydrogen-bond acceptors (Lipinski definition) is 4. The first kappa shape index (κ1) is 27.0. The molecule has 4 heterocycles. The van der Waals surface area contributed by atoms with Gasteiger partial charge < -0.3 is 19.8 Å². The summed E-state index contributed by atoms with van der Waals surface area (Å²) in [6.07, 6.45) is 4.58. The number of aromatic amines is 2. The molecule has 2 amide bonds. The van der Waals surface area contributed by atoms with Crippen LogP contribution >= 0.6 is 0 Å². The molecule has 0 saturated carbocycles. The third kappa shape index (κ3) is 5.05. The zero-order valence-electron chi connectivity index (χ0n) is 24.5. The monoisotopic (exact) mass is 570 g/mol. The van der Waals surface area contributed by atoms with Crippen LogP contribution in [0.4, 0.5) is 0 Å². The third-order valence-electron chi connectivity index (χ3n) is 8.78. The molecule has 0 aliphatic carbocycles. The fourth-order valence-corrected chi connectivity index (χ4v) is 6.59. The first-order chi connectivity index (χ1) is 21.0. The molecule has 0 bridgehead atoms. The molecule has 7 rings (SSSR count). The van der Waals surface area contributed by atoms with Crippen molar-refractivity contribution < 1.29 is 9.59 Å². The van der Waals surface area contributed by atoms with Crippen molar-refractivity contribution >= 4 is 33.9 Å². The predicted molar refractivity (Wildman–Crippen MR) is 166 cm³/mol. The summed E-state index contributed by atoms with van der Waals surface area (Å²) in [6, 6.07) is 19.8. The number of carbonyl (C=O) groups excluding carboxylic acids is 2. The quantitative estimate of drug-likeness (QED) is 0.257. The van der Waals surface area contributed by atoms with Crippen molar-refractivity contribution in [3.05, 3.63) is 94.6 Å². The Bertz CT molecular complexity index is 1920. The highest BCUT2D eigenvalue weighted by atomic mass is 16.2. The van der Waals surface area contributed by atoms with Crippen molar-refractivity contribution in [1.29, 1.82) is 0 Å². The molecular weight excluding hydrogens is 536 g/mol. The molecule has 0 radical (unpaired) electrons. The Balaban J connectivity index is 1.11. The van der Waals surface area contributed by atoms with Gasteiger partial charge in [-0.2, -0.15) is 0 Å². The third-order valence-corrected chi connectivity index (χ3v) is 8.78. The van der Waals surface area contributed by atoms with Gasteiger partial charge in [-0.25, -0.2) is 9.97 Å². The fourth-order valence-electron chi connectivity index (χ4n) is 6.59. The lowest BCUT2D eigenvalue weighted by Gasteiger charge is -2.24. The Morgan fingerprint density at radius 2 is 1.37 bits per heavy atom. The van der Waals surface area contributed by atoms with Gasteiger partial charge in [0.25, 0.3) is 5.91 Å². The van der Waals surface area contributed by atoms with Gasteiger partial charge in [0, 0.05) is 36.7 Å². The van der Waals surface area contributed by atoms with Crippen molar-refractivity contribution in [3.8, 4) is 11.8 Å². The Morgan fingerprint density at radius 1 is 0.814 bits per heavy atom. The van der Waals surface area contributed by atoms with Crippen molar-refractivity contribution in [1.82, 2.24) is 29.7 Å². The van der Waals surface area contributed by atoms with E-state index in [0.29, 0.717) is 0 Å². The van der Waals surface area contributed by atoms with Gasteiger partial charge in [0.15, 0.2) is 0 Å². The number of carbonyl (C=O) groups is 2. The normalized spacial score (nSPS) is 18.4. The molecule has 2 aromatic heterocycles. The molecule has 2 saturated heterocycles. The lowest BCUT2D eigenvalue weighted by molar-refractivity contribution is -0.129. The SMILES string of the molecule is CCc1ccccc1C(=O)N1CCC[C@H]1c1nc2ccc(C#Cc3ccc4nc([C@@H]5CCCN5C(C)=O)[nH]c4c3)cc2[nH]1. The van der Waals surface area contributed by atoms with Crippen molar-refractivity contribution in [2.75, 3.05) is 13.1 Å². The number of aryl methyl sites for hydroxylation is 1. The van der Waals surface area contributed by atoms with Gasteiger partial charge in [0.2, 0.25) is 5.91 Å². The summed E-state index contributed by atoms with van der Waals surface area (Å²) in [7, 11) is 0. The second-order valence-corrected chi connectivity index (χ2v) is 11.5. The molecule has 0 spiro atoms. The number of aromatic nitrogens is 4. The topological polar surface area (TPSA) is 98.0 Å². The number of hydrogen-bond donors (Lipinski definition) is 2. The number of nitrogens with zero attached hydrogens (tertiary/aromatic N) is 4. The second kappa shape index (κ2) is 11.1. The molecule has 2 fully saturated rings. The predicted octanol–water partition coefficient (Wildman–Crippen LogP) is 6.06. The lowest BCUT2D eigenvalue weighted by atomic mass is 10.0. The van der Waals surface area contributed by atoms with Crippen molar-refractivity contribution in [2.45, 2.75) is 58.0 Å². The summed E-state index contributed by atoms with van der Waals surface area (Å²) >= 11 is 0. The molecule has 0 unspecified atom stereocenters. The molecule has 2 aliphatic heterocycles. The van der Waals surface area contributed by atoms with Crippen LogP contribution in [-0.2, 0) is 11.2 Å². The summed E-state index contributed by atoms with van der Waals surface area (Å²) in [5.74, 6) is 8.40. The molecule has 2 N–H and O–H groups in total. The molecule has 2 aliphatic rings. The minimum Gasteiger partial charge on any atom is -0.340 e. The highest BCUT2D eigenvalue weighted by molar-refractivity contribution is 5.96. The van der Waals surface area contributed by atoms with E-state index >= 15 is 0 Å². The Hall–Kier alpha value is -4.90. The van der Waals surface area contributed by atoms with Gasteiger partial charge in [0.1, 0.15) is 11.6 Å². The summed E-state index contributed by atoms with van der Waals surface area (Å²) < 4.78 is 0. The molecular formula is C35H34N6O2. The summed E-state index contributed by atoms with van der Waals surface area (Å²) in [5, 5.41) is 0. The van der Waals surface area contributed by atoms with Crippen LogP contribution in [0.2, 0.25) is 0 Å². The Labute approximate surface area is 250 Å². The van der Waals surface area contributed by atoms with E-state index in [1.807, 2.05) is 70.5 Å². The van der Waals surface area contributed by atoms with E-state index in [1.54, 1.807) is 6.92 Å². The summed E-state index contributed by atoms with van der Waals surface area (Å²) in [6.45, 7) is 5.21. The standard InChI is InChI=1S/C35H34N6O2/c1-3-25-8-4-5-9-26(25)35(43)41-19-7-11-32(41)34-37-28-17-15-24(21-30(28)39-34)13-12-23-14-16-27-29(20-23)38-33(36-27)31-10-6-18-40(31)22(2)42/h4-5,8-9,14-17,20-21,31-32H,3,6-7,10-11,18-19H2,1-2H3,(H,36,38)(H,37,39)/t31-,32-/m0/s1. The number of likely N-dealkylation sites (tertiary alicyclic amines) is 2. The fraction of sp³-hybridized carbons (Fsp3) is 0.314. The van der Waals surface area contributed by atoms with E-state index in [-0.39, 0.29) is 23.9 Å². The number of fused-ring (bicyclic) bond motifs is 2. The van der Waals surface area contributed by atoms with Gasteiger partial charge in [-0.3, -0.25) is 9.59 Å². The zero-order valence-corrected chi connectivity index (χ0v) is 24.5. The number of imidazole rings is 2. The molecule has 43 heavy (non-hydrogen) atoms. The van der Waals surface area contributed by atoms with Gasteiger partial charge in [-0.15, -0.1) is 0 Å².